The largest absolute Gasteiger partial charge is 0.493 e. The minimum atomic E-state index is 0.497. The van der Waals surface area contributed by atoms with Crippen LogP contribution in [0.2, 0.25) is 0 Å². The first-order valence-electron chi connectivity index (χ1n) is 10.1. The van der Waals surface area contributed by atoms with Crippen molar-refractivity contribution in [2.75, 3.05) is 14.2 Å². The van der Waals surface area contributed by atoms with Gasteiger partial charge in [0.1, 0.15) is 6.61 Å². The van der Waals surface area contributed by atoms with E-state index in [0.717, 1.165) is 22.4 Å². The Morgan fingerprint density at radius 3 is 2.32 bits per heavy atom. The number of methoxy groups -OCH3 is 1. The lowest BCUT2D eigenvalue weighted by Crippen LogP contribution is -2.17. The highest BCUT2D eigenvalue weighted by Gasteiger charge is 2.12. The molecule has 4 rings (SSSR count). The molecule has 0 bridgehead atoms. The van der Waals surface area contributed by atoms with E-state index in [9.17, 15) is 0 Å². The van der Waals surface area contributed by atoms with E-state index in [-0.39, 0.29) is 0 Å². The Kier molecular flexibility index (Phi) is 6.59. The lowest BCUT2D eigenvalue weighted by atomic mass is 10.2. The molecule has 158 valence electrons. The van der Waals surface area contributed by atoms with E-state index in [1.807, 2.05) is 85.9 Å². The van der Waals surface area contributed by atoms with E-state index < -0.39 is 0 Å². The van der Waals surface area contributed by atoms with Gasteiger partial charge >= 0.3 is 0 Å². The van der Waals surface area contributed by atoms with Crippen LogP contribution < -0.4 is 9.47 Å². The monoisotopic (exact) mass is 415 g/mol. The maximum Gasteiger partial charge on any atom is 0.241 e. The van der Waals surface area contributed by atoms with Crippen molar-refractivity contribution in [3.8, 4) is 22.9 Å². The Morgan fingerprint density at radius 2 is 1.58 bits per heavy atom. The van der Waals surface area contributed by atoms with Gasteiger partial charge in [0.25, 0.3) is 0 Å². The zero-order valence-corrected chi connectivity index (χ0v) is 17.7. The molecule has 0 saturated heterocycles. The van der Waals surface area contributed by atoms with Crippen LogP contribution in [0.15, 0.2) is 83.4 Å². The smallest absolute Gasteiger partial charge is 0.241 e. The second-order valence-electron chi connectivity index (χ2n) is 7.31. The fraction of sp³-hybridized carbons (Fsp3) is 0.200. The lowest BCUT2D eigenvalue weighted by molar-refractivity contribution is 0.259. The average molecular weight is 415 g/mol. The molecule has 0 aliphatic rings. The SMILES string of the molecule is COc1cc(CN(C)Cc2nc(-c3ccccc3)no2)ccc1OCc1ccccc1. The molecular formula is C25H25N3O3. The van der Waals surface area contributed by atoms with Crippen LogP contribution in [0.25, 0.3) is 11.4 Å². The van der Waals surface area contributed by atoms with E-state index in [4.69, 9.17) is 14.0 Å². The topological polar surface area (TPSA) is 60.6 Å². The van der Waals surface area contributed by atoms with E-state index >= 15 is 0 Å². The molecule has 0 aliphatic carbocycles. The van der Waals surface area contributed by atoms with Crippen LogP contribution in [0.3, 0.4) is 0 Å². The third kappa shape index (κ3) is 5.49. The lowest BCUT2D eigenvalue weighted by Gasteiger charge is -2.16. The van der Waals surface area contributed by atoms with Crippen molar-refractivity contribution in [2.24, 2.45) is 0 Å². The van der Waals surface area contributed by atoms with Gasteiger partial charge in [0.05, 0.1) is 13.7 Å². The van der Waals surface area contributed by atoms with E-state index in [1.165, 1.54) is 0 Å². The molecule has 0 atom stereocenters. The molecule has 0 N–H and O–H groups in total. The number of benzene rings is 3. The Bertz CT molecular complexity index is 1100. The van der Waals surface area contributed by atoms with Crippen LogP contribution >= 0.6 is 0 Å². The summed E-state index contributed by atoms with van der Waals surface area (Å²) >= 11 is 0. The number of ether oxygens (including phenoxy) is 2. The van der Waals surface area contributed by atoms with Gasteiger partial charge in [-0.15, -0.1) is 0 Å². The predicted octanol–water partition coefficient (Wildman–Crippen LogP) is 4.96. The Labute approximate surface area is 182 Å². The van der Waals surface area contributed by atoms with Crippen LogP contribution in [-0.4, -0.2) is 29.2 Å². The summed E-state index contributed by atoms with van der Waals surface area (Å²) in [5.74, 6) is 2.62. The molecule has 0 radical (unpaired) electrons. The van der Waals surface area contributed by atoms with Crippen molar-refractivity contribution in [1.29, 1.82) is 0 Å². The summed E-state index contributed by atoms with van der Waals surface area (Å²) in [7, 11) is 3.67. The normalized spacial score (nSPS) is 10.9. The van der Waals surface area contributed by atoms with Crippen molar-refractivity contribution >= 4 is 0 Å². The quantitative estimate of drug-likeness (QED) is 0.385. The van der Waals surface area contributed by atoms with Crippen molar-refractivity contribution in [1.82, 2.24) is 15.0 Å². The summed E-state index contributed by atoms with van der Waals surface area (Å²) in [6, 6.07) is 25.9. The maximum absolute atomic E-state index is 5.94. The zero-order chi connectivity index (χ0) is 21.5. The standard InChI is InChI=1S/C25H25N3O3/c1-28(17-24-26-25(27-31-24)21-11-7-4-8-12-21)16-20-13-14-22(23(15-20)29-2)30-18-19-9-5-3-6-10-19/h3-15H,16-18H2,1-2H3. The van der Waals surface area contributed by atoms with Crippen LogP contribution in [-0.2, 0) is 19.7 Å². The first-order chi connectivity index (χ1) is 15.2. The molecule has 6 heteroatoms. The molecule has 0 unspecified atom stereocenters. The van der Waals surface area contributed by atoms with Gasteiger partial charge in [-0.1, -0.05) is 71.9 Å². The second-order valence-corrected chi connectivity index (χ2v) is 7.31. The van der Waals surface area contributed by atoms with Crippen molar-refractivity contribution in [3.63, 3.8) is 0 Å². The van der Waals surface area contributed by atoms with Crippen LogP contribution in [0.4, 0.5) is 0 Å². The minimum Gasteiger partial charge on any atom is -0.493 e. The fourth-order valence-electron chi connectivity index (χ4n) is 3.29. The molecule has 0 saturated carbocycles. The average Bonchev–Trinajstić information content (AvgIpc) is 3.27. The minimum absolute atomic E-state index is 0.497. The van der Waals surface area contributed by atoms with Gasteiger partial charge in [0, 0.05) is 12.1 Å². The number of hydrogen-bond acceptors (Lipinski definition) is 6. The highest BCUT2D eigenvalue weighted by atomic mass is 16.5. The molecular weight excluding hydrogens is 390 g/mol. The fourth-order valence-corrected chi connectivity index (χ4v) is 3.29. The van der Waals surface area contributed by atoms with Gasteiger partial charge in [0.2, 0.25) is 11.7 Å². The molecule has 4 aromatic rings. The number of aromatic nitrogens is 2. The number of hydrogen-bond donors (Lipinski definition) is 0. The Hall–Kier alpha value is -3.64. The summed E-state index contributed by atoms with van der Waals surface area (Å²) in [4.78, 5) is 6.61. The maximum atomic E-state index is 5.94. The third-order valence-corrected chi connectivity index (χ3v) is 4.82. The van der Waals surface area contributed by atoms with Gasteiger partial charge < -0.3 is 14.0 Å². The van der Waals surface area contributed by atoms with Gasteiger partial charge in [-0.25, -0.2) is 0 Å². The van der Waals surface area contributed by atoms with Gasteiger partial charge in [-0.05, 0) is 30.3 Å². The van der Waals surface area contributed by atoms with Crippen molar-refractivity contribution < 1.29 is 14.0 Å². The summed E-state index contributed by atoms with van der Waals surface area (Å²) in [6.45, 7) is 1.75. The molecule has 31 heavy (non-hydrogen) atoms. The summed E-state index contributed by atoms with van der Waals surface area (Å²) in [6.07, 6.45) is 0. The highest BCUT2D eigenvalue weighted by Crippen LogP contribution is 2.29. The summed E-state index contributed by atoms with van der Waals surface area (Å²) in [5, 5.41) is 4.08. The first kappa shape index (κ1) is 20.6. The van der Waals surface area contributed by atoms with Crippen molar-refractivity contribution in [2.45, 2.75) is 19.7 Å². The Balaban J connectivity index is 1.37. The zero-order valence-electron chi connectivity index (χ0n) is 17.7. The predicted molar refractivity (Wildman–Crippen MR) is 119 cm³/mol. The molecule has 0 amide bonds. The van der Waals surface area contributed by atoms with Crippen LogP contribution in [0.1, 0.15) is 17.0 Å². The summed E-state index contributed by atoms with van der Waals surface area (Å²) in [5.41, 5.74) is 3.16. The summed E-state index contributed by atoms with van der Waals surface area (Å²) < 4.78 is 16.9. The third-order valence-electron chi connectivity index (χ3n) is 4.82. The molecule has 0 aliphatic heterocycles. The molecule has 3 aromatic carbocycles. The van der Waals surface area contributed by atoms with Gasteiger partial charge in [-0.2, -0.15) is 4.98 Å². The van der Waals surface area contributed by atoms with Gasteiger partial charge in [0.15, 0.2) is 11.5 Å². The highest BCUT2D eigenvalue weighted by molar-refractivity contribution is 5.53. The molecule has 1 heterocycles. The molecule has 0 spiro atoms. The van der Waals surface area contributed by atoms with Crippen molar-refractivity contribution in [3.05, 3.63) is 95.9 Å². The van der Waals surface area contributed by atoms with Gasteiger partial charge in [-0.3, -0.25) is 4.90 Å². The second kappa shape index (κ2) is 9.91. The molecule has 1 aromatic heterocycles. The van der Waals surface area contributed by atoms with E-state index in [2.05, 4.69) is 15.0 Å². The Morgan fingerprint density at radius 1 is 0.839 bits per heavy atom. The van der Waals surface area contributed by atoms with E-state index in [0.29, 0.717) is 37.2 Å². The molecule has 6 nitrogen and oxygen atoms in total. The van der Waals surface area contributed by atoms with E-state index in [1.54, 1.807) is 7.11 Å². The number of nitrogens with zero attached hydrogens (tertiary/aromatic N) is 3. The number of rotatable bonds is 9. The van der Waals surface area contributed by atoms with Crippen LogP contribution in [0.5, 0.6) is 11.5 Å². The molecule has 0 fully saturated rings. The first-order valence-corrected chi connectivity index (χ1v) is 10.1. The van der Waals surface area contributed by atoms with Crippen LogP contribution in [0, 0.1) is 0 Å².